The molecule has 2 aliphatic rings. The van der Waals surface area contributed by atoms with Gasteiger partial charge in [-0.05, 0) is 53.4 Å². The fraction of sp³-hybridized carbons (Fsp3) is 0. The molecule has 0 fully saturated rings. The fourth-order valence-electron chi connectivity index (χ4n) is 5.64. The molecule has 1 aromatic heterocycles. The zero-order valence-electron chi connectivity index (χ0n) is 19.8. The second-order valence-corrected chi connectivity index (χ2v) is 9.31. The first-order valence-corrected chi connectivity index (χ1v) is 12.4. The number of fused-ring (bicyclic) bond motifs is 7. The fourth-order valence-corrected chi connectivity index (χ4v) is 5.64. The van der Waals surface area contributed by atoms with E-state index in [9.17, 15) is 0 Å². The molecule has 8 rings (SSSR count). The summed E-state index contributed by atoms with van der Waals surface area (Å²) in [5.74, 6) is 4.48. The number of aromatic nitrogens is 1. The van der Waals surface area contributed by atoms with Crippen LogP contribution in [0.15, 0.2) is 121 Å². The summed E-state index contributed by atoms with van der Waals surface area (Å²) in [6.45, 7) is -0.0265. The van der Waals surface area contributed by atoms with Gasteiger partial charge in [0.1, 0.15) is 11.5 Å². The first kappa shape index (κ1) is 20.3. The van der Waals surface area contributed by atoms with Crippen LogP contribution in [0.2, 0.25) is 0 Å². The summed E-state index contributed by atoms with van der Waals surface area (Å²) >= 11 is 0. The zero-order chi connectivity index (χ0) is 24.3. The van der Waals surface area contributed by atoms with E-state index in [4.69, 9.17) is 14.2 Å². The Morgan fingerprint density at radius 2 is 1.16 bits per heavy atom. The van der Waals surface area contributed by atoms with Crippen molar-refractivity contribution in [1.29, 1.82) is 0 Å². The highest BCUT2D eigenvalue weighted by Crippen LogP contribution is 2.52. The Morgan fingerprint density at radius 1 is 0.514 bits per heavy atom. The van der Waals surface area contributed by atoms with E-state index in [0.717, 1.165) is 39.0 Å². The molecule has 174 valence electrons. The van der Waals surface area contributed by atoms with Crippen LogP contribution >= 0.6 is 0 Å². The second kappa shape index (κ2) is 7.80. The maximum atomic E-state index is 6.63. The van der Waals surface area contributed by atoms with E-state index in [1.54, 1.807) is 0 Å². The predicted molar refractivity (Wildman–Crippen MR) is 147 cm³/mol. The van der Waals surface area contributed by atoms with Crippen molar-refractivity contribution in [2.24, 2.45) is 0 Å². The lowest BCUT2D eigenvalue weighted by molar-refractivity contribution is 0.349. The van der Waals surface area contributed by atoms with Crippen molar-refractivity contribution in [2.45, 2.75) is 0 Å². The van der Waals surface area contributed by atoms with E-state index in [2.05, 4.69) is 71.3 Å². The van der Waals surface area contributed by atoms with Gasteiger partial charge in [-0.3, -0.25) is 4.57 Å². The molecule has 2 aliphatic heterocycles. The van der Waals surface area contributed by atoms with Crippen LogP contribution in [-0.4, -0.2) is 11.3 Å². The summed E-state index contributed by atoms with van der Waals surface area (Å²) in [5, 5.41) is 0.995. The molecular weight excluding hydrogens is 457 g/mol. The molecular formula is C32H20BNO3. The van der Waals surface area contributed by atoms with Gasteiger partial charge in [0.15, 0.2) is 17.2 Å². The molecule has 0 radical (unpaired) electrons. The Labute approximate surface area is 214 Å². The lowest BCUT2D eigenvalue weighted by Crippen LogP contribution is -2.55. The highest BCUT2D eigenvalue weighted by Gasteiger charge is 2.38. The number of rotatable bonds is 2. The summed E-state index contributed by atoms with van der Waals surface area (Å²) in [6, 6.07) is 41.1. The maximum absolute atomic E-state index is 6.63. The van der Waals surface area contributed by atoms with Crippen LogP contribution in [0.4, 0.5) is 0 Å². The SMILES string of the molecule is c1ccc(B2c3ccccc3Oc3ccc4c(c5c(n4-c4ccccc4)Oc4ccccc4O5)c32)cc1. The Morgan fingerprint density at radius 3 is 1.95 bits per heavy atom. The van der Waals surface area contributed by atoms with E-state index >= 15 is 0 Å². The van der Waals surface area contributed by atoms with E-state index in [-0.39, 0.29) is 6.71 Å². The number of hydrogen-bond acceptors (Lipinski definition) is 3. The van der Waals surface area contributed by atoms with Crippen molar-refractivity contribution in [1.82, 2.24) is 4.57 Å². The Hall–Kier alpha value is -4.90. The molecule has 0 unspecified atom stereocenters. The van der Waals surface area contributed by atoms with Gasteiger partial charge in [0.05, 0.1) is 5.52 Å². The summed E-state index contributed by atoms with van der Waals surface area (Å²) in [6.07, 6.45) is 0. The number of ether oxygens (including phenoxy) is 3. The van der Waals surface area contributed by atoms with Crippen molar-refractivity contribution in [3.05, 3.63) is 121 Å². The average Bonchev–Trinajstić information content (AvgIpc) is 3.29. The van der Waals surface area contributed by atoms with Gasteiger partial charge in [-0.15, -0.1) is 0 Å². The minimum absolute atomic E-state index is 0.0265. The summed E-state index contributed by atoms with van der Waals surface area (Å²) < 4.78 is 21.8. The summed E-state index contributed by atoms with van der Waals surface area (Å²) in [7, 11) is 0. The molecule has 0 aliphatic carbocycles. The molecule has 6 aromatic rings. The van der Waals surface area contributed by atoms with Crippen LogP contribution in [0, 0.1) is 0 Å². The molecule has 3 heterocycles. The molecule has 5 aromatic carbocycles. The molecule has 0 saturated heterocycles. The average molecular weight is 477 g/mol. The smallest absolute Gasteiger partial charge is 0.252 e. The monoisotopic (exact) mass is 477 g/mol. The van der Waals surface area contributed by atoms with Crippen LogP contribution in [0.3, 0.4) is 0 Å². The van der Waals surface area contributed by atoms with Crippen molar-refractivity contribution < 1.29 is 14.2 Å². The minimum atomic E-state index is -0.0265. The van der Waals surface area contributed by atoms with Crippen LogP contribution < -0.4 is 30.6 Å². The van der Waals surface area contributed by atoms with Gasteiger partial charge in [-0.2, -0.15) is 0 Å². The van der Waals surface area contributed by atoms with Crippen LogP contribution in [0.5, 0.6) is 34.6 Å². The molecule has 0 N–H and O–H groups in total. The van der Waals surface area contributed by atoms with Gasteiger partial charge >= 0.3 is 0 Å². The van der Waals surface area contributed by atoms with Gasteiger partial charge < -0.3 is 14.2 Å². The number of para-hydroxylation sites is 4. The van der Waals surface area contributed by atoms with Crippen molar-refractivity contribution in [2.75, 3.05) is 0 Å². The van der Waals surface area contributed by atoms with E-state index in [0.29, 0.717) is 23.1 Å². The first-order chi connectivity index (χ1) is 18.4. The zero-order valence-corrected chi connectivity index (χ0v) is 19.8. The summed E-state index contributed by atoms with van der Waals surface area (Å²) in [5.41, 5.74) is 5.42. The lowest BCUT2D eigenvalue weighted by atomic mass is 9.35. The van der Waals surface area contributed by atoms with Gasteiger partial charge in [0.2, 0.25) is 5.88 Å². The van der Waals surface area contributed by atoms with E-state index < -0.39 is 0 Å². The third-order valence-electron chi connectivity index (χ3n) is 7.20. The number of hydrogen-bond donors (Lipinski definition) is 0. The third kappa shape index (κ3) is 2.98. The number of benzene rings is 5. The lowest BCUT2D eigenvalue weighted by Gasteiger charge is -2.28. The highest BCUT2D eigenvalue weighted by molar-refractivity contribution is 6.98. The van der Waals surface area contributed by atoms with Crippen molar-refractivity contribution >= 4 is 34.0 Å². The molecule has 4 nitrogen and oxygen atoms in total. The molecule has 0 spiro atoms. The first-order valence-electron chi connectivity index (χ1n) is 12.4. The standard InChI is InChI=1S/C32H20BNO3/c1-3-11-21(12-4-1)33-23-15-7-8-16-25(23)35-28-20-19-24-29(30(28)33)31-32(34(24)22-13-5-2-6-14-22)37-27-18-10-9-17-26(27)36-31/h1-20H. The predicted octanol–water partition coefficient (Wildman–Crippen LogP) is 6.15. The quantitative estimate of drug-likeness (QED) is 0.280. The topological polar surface area (TPSA) is 32.6 Å². The molecule has 37 heavy (non-hydrogen) atoms. The van der Waals surface area contributed by atoms with Crippen molar-refractivity contribution in [3.8, 4) is 40.3 Å². The molecule has 0 saturated carbocycles. The largest absolute Gasteiger partial charge is 0.458 e. The third-order valence-corrected chi connectivity index (χ3v) is 7.20. The van der Waals surface area contributed by atoms with Gasteiger partial charge in [0.25, 0.3) is 6.71 Å². The van der Waals surface area contributed by atoms with E-state index in [1.807, 2.05) is 54.6 Å². The van der Waals surface area contributed by atoms with Gasteiger partial charge in [0, 0.05) is 11.1 Å². The molecule has 5 heteroatoms. The molecule has 0 bridgehead atoms. The van der Waals surface area contributed by atoms with E-state index in [1.165, 1.54) is 5.46 Å². The van der Waals surface area contributed by atoms with Crippen LogP contribution in [0.25, 0.3) is 16.6 Å². The maximum Gasteiger partial charge on any atom is 0.252 e. The normalized spacial score (nSPS) is 12.9. The Bertz CT molecular complexity index is 1810. The van der Waals surface area contributed by atoms with Gasteiger partial charge in [-0.1, -0.05) is 84.3 Å². The Balaban J connectivity index is 1.49. The number of nitrogens with zero attached hydrogens (tertiary/aromatic N) is 1. The molecule has 0 amide bonds. The minimum Gasteiger partial charge on any atom is -0.458 e. The van der Waals surface area contributed by atoms with Crippen LogP contribution in [0.1, 0.15) is 0 Å². The van der Waals surface area contributed by atoms with Gasteiger partial charge in [-0.25, -0.2) is 0 Å². The van der Waals surface area contributed by atoms with Crippen LogP contribution in [-0.2, 0) is 0 Å². The Kier molecular flexibility index (Phi) is 4.28. The van der Waals surface area contributed by atoms with Crippen molar-refractivity contribution in [3.63, 3.8) is 0 Å². The molecule has 0 atom stereocenters. The highest BCUT2D eigenvalue weighted by atomic mass is 16.6. The second-order valence-electron chi connectivity index (χ2n) is 9.31. The summed E-state index contributed by atoms with van der Waals surface area (Å²) in [4.78, 5) is 0.